The van der Waals surface area contributed by atoms with Crippen LogP contribution in [-0.2, 0) is 17.6 Å². The molecule has 3 aromatic rings. The Kier molecular flexibility index (Phi) is 5.52. The summed E-state index contributed by atoms with van der Waals surface area (Å²) in [6.45, 7) is 5.93. The zero-order valence-electron chi connectivity index (χ0n) is 15.2. The Labute approximate surface area is 156 Å². The number of carbonyl (C=O) groups is 1. The molecule has 2 heterocycles. The number of aromatic nitrogens is 2. The van der Waals surface area contributed by atoms with Crippen LogP contribution in [0.2, 0.25) is 0 Å². The molecule has 0 radical (unpaired) electrons. The molecule has 3 rings (SSSR count). The van der Waals surface area contributed by atoms with Crippen molar-refractivity contribution in [1.29, 1.82) is 0 Å². The van der Waals surface area contributed by atoms with Gasteiger partial charge in [0.15, 0.2) is 11.9 Å². The van der Waals surface area contributed by atoms with Crippen LogP contribution in [0.25, 0.3) is 10.9 Å². The van der Waals surface area contributed by atoms with Crippen molar-refractivity contribution >= 4 is 28.2 Å². The Hall–Kier alpha value is -2.47. The molecule has 5 nitrogen and oxygen atoms in total. The summed E-state index contributed by atoms with van der Waals surface area (Å²) in [6, 6.07) is 9.02. The molecular formula is C20H22N2O3S. The molecule has 1 atom stereocenters. The first kappa shape index (κ1) is 18.3. The molecule has 136 valence electrons. The molecule has 0 saturated heterocycles. The van der Waals surface area contributed by atoms with Gasteiger partial charge in [0.25, 0.3) is 5.56 Å². The van der Waals surface area contributed by atoms with Gasteiger partial charge in [-0.25, -0.2) is 9.78 Å². The molecule has 0 saturated carbocycles. The Balaban J connectivity index is 1.82. The highest BCUT2D eigenvalue weighted by molar-refractivity contribution is 7.14. The molecule has 0 bridgehead atoms. The van der Waals surface area contributed by atoms with Crippen LogP contribution in [0, 0.1) is 0 Å². The van der Waals surface area contributed by atoms with E-state index in [1.807, 2.05) is 12.1 Å². The lowest BCUT2D eigenvalue weighted by atomic mass is 10.1. The SMILES string of the molecule is CCCc1sc(C(=O)O[C@H](C)c2nc3ccccc3c(=O)[nH]2)cc1CC. The number of esters is 1. The fraction of sp³-hybridized carbons (Fsp3) is 0.350. The summed E-state index contributed by atoms with van der Waals surface area (Å²) >= 11 is 1.49. The van der Waals surface area contributed by atoms with E-state index in [0.29, 0.717) is 21.6 Å². The van der Waals surface area contributed by atoms with E-state index < -0.39 is 6.10 Å². The average molecular weight is 370 g/mol. The van der Waals surface area contributed by atoms with Crippen molar-refractivity contribution in [3.63, 3.8) is 0 Å². The van der Waals surface area contributed by atoms with Gasteiger partial charge in [0.05, 0.1) is 10.9 Å². The minimum absolute atomic E-state index is 0.233. The number of nitrogens with zero attached hydrogens (tertiary/aromatic N) is 1. The van der Waals surface area contributed by atoms with Gasteiger partial charge in [-0.1, -0.05) is 32.4 Å². The van der Waals surface area contributed by atoms with Crippen LogP contribution in [0.4, 0.5) is 0 Å². The topological polar surface area (TPSA) is 72.0 Å². The summed E-state index contributed by atoms with van der Waals surface area (Å²) in [5, 5.41) is 0.518. The highest BCUT2D eigenvalue weighted by atomic mass is 32.1. The number of carbonyl (C=O) groups excluding carboxylic acids is 1. The van der Waals surface area contributed by atoms with Crippen molar-refractivity contribution in [1.82, 2.24) is 9.97 Å². The van der Waals surface area contributed by atoms with E-state index in [2.05, 4.69) is 23.8 Å². The Bertz CT molecular complexity index is 990. The summed E-state index contributed by atoms with van der Waals surface area (Å²) in [5.74, 6) is -0.0292. The third-order valence-electron chi connectivity index (χ3n) is 4.26. The van der Waals surface area contributed by atoms with E-state index in [-0.39, 0.29) is 11.5 Å². The molecule has 0 aliphatic carbocycles. The Morgan fingerprint density at radius 2 is 2.08 bits per heavy atom. The smallest absolute Gasteiger partial charge is 0.349 e. The van der Waals surface area contributed by atoms with Gasteiger partial charge in [0.1, 0.15) is 4.88 Å². The quantitative estimate of drug-likeness (QED) is 0.652. The highest BCUT2D eigenvalue weighted by Crippen LogP contribution is 2.27. The lowest BCUT2D eigenvalue weighted by Crippen LogP contribution is -2.17. The third kappa shape index (κ3) is 3.70. The summed E-state index contributed by atoms with van der Waals surface area (Å²) in [4.78, 5) is 33.7. The molecule has 2 aromatic heterocycles. The second-order valence-corrected chi connectivity index (χ2v) is 7.32. The van der Waals surface area contributed by atoms with Gasteiger partial charge in [-0.3, -0.25) is 4.79 Å². The second kappa shape index (κ2) is 7.83. The van der Waals surface area contributed by atoms with Crippen molar-refractivity contribution in [3.05, 3.63) is 61.8 Å². The van der Waals surface area contributed by atoms with Crippen LogP contribution in [0.1, 0.15) is 59.2 Å². The van der Waals surface area contributed by atoms with Crippen LogP contribution in [0.15, 0.2) is 35.1 Å². The van der Waals surface area contributed by atoms with Crippen LogP contribution in [0.5, 0.6) is 0 Å². The van der Waals surface area contributed by atoms with Crippen molar-refractivity contribution in [3.8, 4) is 0 Å². The number of aromatic amines is 1. The number of benzene rings is 1. The molecule has 1 N–H and O–H groups in total. The highest BCUT2D eigenvalue weighted by Gasteiger charge is 2.20. The number of hydrogen-bond donors (Lipinski definition) is 1. The molecule has 0 fully saturated rings. The van der Waals surface area contributed by atoms with Gasteiger partial charge in [-0.05, 0) is 43.5 Å². The van der Waals surface area contributed by atoms with E-state index >= 15 is 0 Å². The average Bonchev–Trinajstić information content (AvgIpc) is 3.05. The molecule has 1 aromatic carbocycles. The van der Waals surface area contributed by atoms with Gasteiger partial charge < -0.3 is 9.72 Å². The van der Waals surface area contributed by atoms with Crippen molar-refractivity contribution < 1.29 is 9.53 Å². The molecule has 6 heteroatoms. The number of fused-ring (bicyclic) bond motifs is 1. The first-order valence-corrected chi connectivity index (χ1v) is 9.66. The second-order valence-electron chi connectivity index (χ2n) is 6.18. The van der Waals surface area contributed by atoms with E-state index in [4.69, 9.17) is 4.74 Å². The first-order valence-electron chi connectivity index (χ1n) is 8.85. The summed E-state index contributed by atoms with van der Waals surface area (Å²) in [6.07, 6.45) is 2.27. The van der Waals surface area contributed by atoms with Crippen LogP contribution in [0.3, 0.4) is 0 Å². The number of nitrogens with one attached hydrogen (secondary N) is 1. The predicted molar refractivity (Wildman–Crippen MR) is 104 cm³/mol. The maximum atomic E-state index is 12.5. The number of rotatable bonds is 6. The van der Waals surface area contributed by atoms with E-state index in [9.17, 15) is 9.59 Å². The van der Waals surface area contributed by atoms with Crippen molar-refractivity contribution in [2.75, 3.05) is 0 Å². The molecule has 0 spiro atoms. The van der Waals surface area contributed by atoms with Gasteiger partial charge in [0, 0.05) is 4.88 Å². The Morgan fingerprint density at radius 1 is 1.31 bits per heavy atom. The molecule has 0 unspecified atom stereocenters. The largest absolute Gasteiger partial charge is 0.450 e. The van der Waals surface area contributed by atoms with Crippen LogP contribution < -0.4 is 5.56 Å². The number of aryl methyl sites for hydroxylation is 2. The van der Waals surface area contributed by atoms with E-state index in [1.165, 1.54) is 21.8 Å². The minimum atomic E-state index is -0.637. The zero-order chi connectivity index (χ0) is 18.7. The number of ether oxygens (including phenoxy) is 1. The molecule has 0 aliphatic rings. The fourth-order valence-electron chi connectivity index (χ4n) is 2.88. The fourth-order valence-corrected chi connectivity index (χ4v) is 4.12. The summed E-state index contributed by atoms with van der Waals surface area (Å²) in [5.41, 5.74) is 1.56. The predicted octanol–water partition coefficient (Wildman–Crippen LogP) is 4.42. The van der Waals surface area contributed by atoms with Crippen LogP contribution >= 0.6 is 11.3 Å². The van der Waals surface area contributed by atoms with Gasteiger partial charge in [-0.2, -0.15) is 0 Å². The molecule has 0 aliphatic heterocycles. The number of thiophene rings is 1. The maximum Gasteiger partial charge on any atom is 0.349 e. The summed E-state index contributed by atoms with van der Waals surface area (Å²) < 4.78 is 5.56. The van der Waals surface area contributed by atoms with Gasteiger partial charge in [0.2, 0.25) is 0 Å². The normalized spacial score (nSPS) is 12.3. The zero-order valence-corrected chi connectivity index (χ0v) is 16.0. The molecule has 26 heavy (non-hydrogen) atoms. The van der Waals surface area contributed by atoms with Crippen LogP contribution in [-0.4, -0.2) is 15.9 Å². The standard InChI is InChI=1S/C20H22N2O3S/c1-4-8-16-13(5-2)11-17(26-16)20(24)25-12(3)18-21-15-10-7-6-9-14(15)19(23)22-18/h6-7,9-12H,4-5,8H2,1-3H3,(H,21,22,23)/t12-/m1/s1. The van der Waals surface area contributed by atoms with E-state index in [0.717, 1.165) is 19.3 Å². The molecular weight excluding hydrogens is 348 g/mol. The van der Waals surface area contributed by atoms with E-state index in [1.54, 1.807) is 25.1 Å². The number of para-hydroxylation sites is 1. The lowest BCUT2D eigenvalue weighted by molar-refractivity contribution is 0.0326. The lowest BCUT2D eigenvalue weighted by Gasteiger charge is -2.12. The molecule has 0 amide bonds. The van der Waals surface area contributed by atoms with Gasteiger partial charge in [-0.15, -0.1) is 11.3 Å². The summed E-state index contributed by atoms with van der Waals surface area (Å²) in [7, 11) is 0. The maximum absolute atomic E-state index is 12.5. The van der Waals surface area contributed by atoms with Gasteiger partial charge >= 0.3 is 5.97 Å². The number of H-pyrrole nitrogens is 1. The number of hydrogen-bond acceptors (Lipinski definition) is 5. The van der Waals surface area contributed by atoms with Crippen molar-refractivity contribution in [2.24, 2.45) is 0 Å². The van der Waals surface area contributed by atoms with Crippen molar-refractivity contribution in [2.45, 2.75) is 46.1 Å². The minimum Gasteiger partial charge on any atom is -0.450 e. The monoisotopic (exact) mass is 370 g/mol. The Morgan fingerprint density at radius 3 is 2.81 bits per heavy atom. The first-order chi connectivity index (χ1) is 12.5. The third-order valence-corrected chi connectivity index (χ3v) is 5.47.